The lowest BCUT2D eigenvalue weighted by Gasteiger charge is -2.30. The number of aromatic nitrogens is 2. The predicted molar refractivity (Wildman–Crippen MR) is 96.7 cm³/mol. The van der Waals surface area contributed by atoms with Gasteiger partial charge >= 0.3 is 22.9 Å². The van der Waals surface area contributed by atoms with E-state index in [2.05, 4.69) is 14.7 Å². The molecule has 3 N–H and O–H groups in total. The molecule has 1 unspecified atom stereocenters. The Morgan fingerprint density at radius 1 is 1.10 bits per heavy atom. The maximum Gasteiger partial charge on any atom is 0.461 e. The second-order valence-electron chi connectivity index (χ2n) is 6.49. The zero-order valence-electron chi connectivity index (χ0n) is 15.8. The molecule has 13 heteroatoms. The summed E-state index contributed by atoms with van der Waals surface area (Å²) in [5.41, 5.74) is -0.823. The highest BCUT2D eigenvalue weighted by Crippen LogP contribution is 2.36. The van der Waals surface area contributed by atoms with Crippen LogP contribution in [0.15, 0.2) is 42.9 Å². The van der Waals surface area contributed by atoms with E-state index in [4.69, 9.17) is 17.5 Å². The molecule has 1 aromatic carbocycles. The Kier molecular flexibility index (Phi) is 8.65. The molecule has 0 aliphatic heterocycles. The summed E-state index contributed by atoms with van der Waals surface area (Å²) in [5, 5.41) is 11.1. The van der Waals surface area contributed by atoms with Gasteiger partial charge in [0.15, 0.2) is 0 Å². The molecule has 1 heterocycles. The van der Waals surface area contributed by atoms with Gasteiger partial charge < -0.3 is 9.84 Å². The van der Waals surface area contributed by atoms with E-state index in [1.54, 1.807) is 0 Å². The summed E-state index contributed by atoms with van der Waals surface area (Å²) in [7, 11) is -4.67. The first-order valence-corrected chi connectivity index (χ1v) is 9.69. The van der Waals surface area contributed by atoms with Crippen molar-refractivity contribution in [3.63, 3.8) is 0 Å². The number of nitrogens with zero attached hydrogens (tertiary/aromatic N) is 2. The summed E-state index contributed by atoms with van der Waals surface area (Å²) < 4.78 is 85.9. The standard InChI is InChI=1S/C17H18F4N2O2.H2O4S/c1-11(2)9-16(24,14-10-22-7-8-23-14)12-3-5-13(6-4-12)25-17(20,21)15(18)19;1-5(2,3)4/h3-8,10-11,15,24H,9H2,1-2H3;(H2,1,2,3,4). The predicted octanol–water partition coefficient (Wildman–Crippen LogP) is 3.34. The molecular weight excluding hydrogens is 436 g/mol. The summed E-state index contributed by atoms with van der Waals surface area (Å²) in [5.74, 6) is -0.341. The Bertz CT molecular complexity index is 890. The Morgan fingerprint density at radius 3 is 2.03 bits per heavy atom. The molecule has 0 spiro atoms. The smallest absolute Gasteiger partial charge is 0.428 e. The normalized spacial score (nSPS) is 14.1. The number of rotatable bonds is 7. The van der Waals surface area contributed by atoms with E-state index in [0.717, 1.165) is 12.1 Å². The van der Waals surface area contributed by atoms with E-state index in [1.165, 1.54) is 30.7 Å². The second-order valence-corrected chi connectivity index (χ2v) is 7.38. The van der Waals surface area contributed by atoms with Crippen LogP contribution in [0.25, 0.3) is 0 Å². The topological polar surface area (TPSA) is 130 Å². The van der Waals surface area contributed by atoms with E-state index in [9.17, 15) is 22.7 Å². The van der Waals surface area contributed by atoms with Gasteiger partial charge in [-0.25, -0.2) is 0 Å². The molecule has 0 radical (unpaired) electrons. The highest BCUT2D eigenvalue weighted by atomic mass is 32.3. The quantitative estimate of drug-likeness (QED) is 0.427. The van der Waals surface area contributed by atoms with Gasteiger partial charge in [0.2, 0.25) is 0 Å². The van der Waals surface area contributed by atoms with Crippen molar-refractivity contribution in [2.75, 3.05) is 0 Å². The van der Waals surface area contributed by atoms with Gasteiger partial charge in [-0.15, -0.1) is 0 Å². The van der Waals surface area contributed by atoms with Gasteiger partial charge in [0.1, 0.15) is 11.4 Å². The van der Waals surface area contributed by atoms with Crippen LogP contribution >= 0.6 is 0 Å². The fourth-order valence-electron chi connectivity index (χ4n) is 2.47. The molecule has 2 aromatic rings. The molecule has 0 aliphatic rings. The van der Waals surface area contributed by atoms with Gasteiger partial charge in [-0.2, -0.15) is 26.0 Å². The third-order valence-corrected chi connectivity index (χ3v) is 3.53. The van der Waals surface area contributed by atoms with Crippen LogP contribution < -0.4 is 4.74 Å². The molecule has 1 atom stereocenters. The van der Waals surface area contributed by atoms with E-state index in [1.807, 2.05) is 13.8 Å². The average Bonchev–Trinajstić information content (AvgIpc) is 2.60. The van der Waals surface area contributed by atoms with Gasteiger partial charge in [-0.05, 0) is 30.0 Å². The van der Waals surface area contributed by atoms with Gasteiger partial charge in [0.25, 0.3) is 0 Å². The summed E-state index contributed by atoms with van der Waals surface area (Å²) in [4.78, 5) is 8.06. The van der Waals surface area contributed by atoms with Crippen LogP contribution in [0.5, 0.6) is 5.75 Å². The largest absolute Gasteiger partial charge is 0.461 e. The molecule has 0 bridgehead atoms. The summed E-state index contributed by atoms with van der Waals surface area (Å²) in [6.07, 6.45) is -3.91. The SMILES string of the molecule is CC(C)CC(O)(c1ccc(OC(F)(F)C(F)F)cc1)c1cnccn1.O=S(=O)(O)O. The third-order valence-electron chi connectivity index (χ3n) is 3.53. The lowest BCUT2D eigenvalue weighted by atomic mass is 9.83. The first kappa shape index (κ1) is 25.7. The zero-order valence-corrected chi connectivity index (χ0v) is 16.6. The zero-order chi connectivity index (χ0) is 23.2. The van der Waals surface area contributed by atoms with Crippen LogP contribution in [-0.4, -0.2) is 45.1 Å². The number of hydrogen-bond donors (Lipinski definition) is 3. The molecule has 0 saturated heterocycles. The van der Waals surface area contributed by atoms with Crippen molar-refractivity contribution >= 4 is 10.4 Å². The molecule has 8 nitrogen and oxygen atoms in total. The molecular formula is C17H20F4N2O6S. The Labute approximate surface area is 170 Å². The third kappa shape index (κ3) is 8.18. The van der Waals surface area contributed by atoms with Gasteiger partial charge in [0, 0.05) is 12.4 Å². The molecule has 30 heavy (non-hydrogen) atoms. The monoisotopic (exact) mass is 456 g/mol. The number of alkyl halides is 4. The maximum atomic E-state index is 13.0. The van der Waals surface area contributed by atoms with Crippen molar-refractivity contribution in [1.82, 2.24) is 9.97 Å². The number of hydrogen-bond acceptors (Lipinski definition) is 6. The van der Waals surface area contributed by atoms with Crippen LogP contribution in [-0.2, 0) is 16.0 Å². The summed E-state index contributed by atoms with van der Waals surface area (Å²) in [6.45, 7) is 3.81. The second kappa shape index (κ2) is 10.1. The maximum absolute atomic E-state index is 13.0. The molecule has 168 valence electrons. The fourth-order valence-corrected chi connectivity index (χ4v) is 2.47. The molecule has 2 rings (SSSR count). The Morgan fingerprint density at radius 2 is 1.63 bits per heavy atom. The lowest BCUT2D eigenvalue weighted by Crippen LogP contribution is -2.33. The number of halogens is 4. The summed E-state index contributed by atoms with van der Waals surface area (Å²) in [6, 6.07) is 4.89. The van der Waals surface area contributed by atoms with Crippen molar-refractivity contribution in [3.8, 4) is 5.75 Å². The molecule has 0 aliphatic carbocycles. The Balaban J connectivity index is 0.000000804. The number of ether oxygens (including phenoxy) is 1. The minimum atomic E-state index is -4.67. The highest BCUT2D eigenvalue weighted by molar-refractivity contribution is 7.79. The molecule has 1 aromatic heterocycles. The Hall–Kier alpha value is -2.35. The highest BCUT2D eigenvalue weighted by Gasteiger charge is 2.44. The van der Waals surface area contributed by atoms with Gasteiger partial charge in [-0.3, -0.25) is 19.1 Å². The van der Waals surface area contributed by atoms with Crippen LogP contribution in [0.2, 0.25) is 0 Å². The fraction of sp³-hybridized carbons (Fsp3) is 0.412. The minimum absolute atomic E-state index is 0.0890. The van der Waals surface area contributed by atoms with Crippen LogP contribution in [0.4, 0.5) is 17.6 Å². The lowest BCUT2D eigenvalue weighted by molar-refractivity contribution is -0.253. The van der Waals surface area contributed by atoms with E-state index in [0.29, 0.717) is 17.7 Å². The van der Waals surface area contributed by atoms with Crippen molar-refractivity contribution in [2.45, 2.75) is 38.4 Å². The van der Waals surface area contributed by atoms with Crippen LogP contribution in [0, 0.1) is 5.92 Å². The van der Waals surface area contributed by atoms with Crippen LogP contribution in [0.3, 0.4) is 0 Å². The number of benzene rings is 1. The van der Waals surface area contributed by atoms with Gasteiger partial charge in [-0.1, -0.05) is 26.0 Å². The van der Waals surface area contributed by atoms with Crippen molar-refractivity contribution in [2.24, 2.45) is 5.92 Å². The minimum Gasteiger partial charge on any atom is -0.428 e. The van der Waals surface area contributed by atoms with Crippen molar-refractivity contribution in [1.29, 1.82) is 0 Å². The van der Waals surface area contributed by atoms with Crippen molar-refractivity contribution < 1.29 is 44.9 Å². The van der Waals surface area contributed by atoms with Crippen molar-refractivity contribution in [3.05, 3.63) is 54.1 Å². The average molecular weight is 456 g/mol. The van der Waals surface area contributed by atoms with Crippen LogP contribution in [0.1, 0.15) is 31.5 Å². The van der Waals surface area contributed by atoms with E-state index >= 15 is 0 Å². The number of aliphatic hydroxyl groups is 1. The van der Waals surface area contributed by atoms with E-state index < -0.39 is 34.3 Å². The molecule has 0 amide bonds. The first-order chi connectivity index (χ1) is 13.6. The summed E-state index contributed by atoms with van der Waals surface area (Å²) >= 11 is 0. The molecule has 0 saturated carbocycles. The van der Waals surface area contributed by atoms with E-state index in [-0.39, 0.29) is 5.92 Å². The molecule has 0 fully saturated rings. The first-order valence-electron chi connectivity index (χ1n) is 8.29. The van der Waals surface area contributed by atoms with Gasteiger partial charge in [0.05, 0.1) is 11.9 Å².